The van der Waals surface area contributed by atoms with Crippen LogP contribution in [0.4, 0.5) is 0 Å². The molecule has 1 aliphatic heterocycles. The van der Waals surface area contributed by atoms with Crippen molar-refractivity contribution in [1.82, 2.24) is 4.90 Å². The number of nitrogens with zero attached hydrogens (tertiary/aromatic N) is 1. The highest BCUT2D eigenvalue weighted by molar-refractivity contribution is 5.80. The standard InChI is InChI=1S/C11H21NO2/c1-8(2)9-5-6-10(14-7-9)11(13)12(3)4/h8-10H,5-7H2,1-4H3. The van der Waals surface area contributed by atoms with Crippen LogP contribution in [0, 0.1) is 11.8 Å². The zero-order valence-electron chi connectivity index (χ0n) is 9.62. The first-order valence-electron chi connectivity index (χ1n) is 5.35. The van der Waals surface area contributed by atoms with Gasteiger partial charge >= 0.3 is 0 Å². The van der Waals surface area contributed by atoms with E-state index < -0.39 is 0 Å². The van der Waals surface area contributed by atoms with E-state index in [9.17, 15) is 4.79 Å². The third-order valence-corrected chi connectivity index (χ3v) is 2.97. The predicted octanol–water partition coefficient (Wildman–Crippen LogP) is 1.53. The fourth-order valence-corrected chi connectivity index (χ4v) is 1.78. The predicted molar refractivity (Wildman–Crippen MR) is 56.0 cm³/mol. The minimum atomic E-state index is -0.194. The SMILES string of the molecule is CC(C)C1CCC(C(=O)N(C)C)OC1. The van der Waals surface area contributed by atoms with Crippen molar-refractivity contribution in [2.24, 2.45) is 11.8 Å². The van der Waals surface area contributed by atoms with Crippen molar-refractivity contribution in [1.29, 1.82) is 0 Å². The van der Waals surface area contributed by atoms with Crippen LogP contribution in [0.2, 0.25) is 0 Å². The van der Waals surface area contributed by atoms with Gasteiger partial charge in [-0.25, -0.2) is 0 Å². The van der Waals surface area contributed by atoms with Gasteiger partial charge in [-0.15, -0.1) is 0 Å². The Balaban J connectivity index is 2.39. The van der Waals surface area contributed by atoms with Gasteiger partial charge in [-0.05, 0) is 24.7 Å². The highest BCUT2D eigenvalue weighted by Crippen LogP contribution is 2.25. The minimum Gasteiger partial charge on any atom is -0.368 e. The van der Waals surface area contributed by atoms with Gasteiger partial charge in [-0.2, -0.15) is 0 Å². The molecule has 2 atom stereocenters. The van der Waals surface area contributed by atoms with E-state index in [1.165, 1.54) is 0 Å². The monoisotopic (exact) mass is 199 g/mol. The number of carbonyl (C=O) groups is 1. The van der Waals surface area contributed by atoms with Crippen LogP contribution in [-0.4, -0.2) is 37.6 Å². The average molecular weight is 199 g/mol. The zero-order valence-corrected chi connectivity index (χ0v) is 9.62. The van der Waals surface area contributed by atoms with Crippen molar-refractivity contribution in [3.05, 3.63) is 0 Å². The van der Waals surface area contributed by atoms with E-state index in [0.29, 0.717) is 11.8 Å². The van der Waals surface area contributed by atoms with Gasteiger partial charge in [-0.3, -0.25) is 4.79 Å². The molecule has 1 heterocycles. The van der Waals surface area contributed by atoms with E-state index in [1.807, 2.05) is 0 Å². The van der Waals surface area contributed by atoms with Gasteiger partial charge in [0.1, 0.15) is 6.10 Å². The Labute approximate surface area is 86.4 Å². The van der Waals surface area contributed by atoms with Crippen molar-refractivity contribution in [2.45, 2.75) is 32.8 Å². The number of ether oxygens (including phenoxy) is 1. The molecule has 0 bridgehead atoms. The Morgan fingerprint density at radius 1 is 1.36 bits per heavy atom. The summed E-state index contributed by atoms with van der Waals surface area (Å²) >= 11 is 0. The molecule has 0 aliphatic carbocycles. The van der Waals surface area contributed by atoms with Crippen molar-refractivity contribution < 1.29 is 9.53 Å². The molecule has 0 aromatic heterocycles. The highest BCUT2D eigenvalue weighted by Gasteiger charge is 2.28. The molecule has 82 valence electrons. The second-order valence-corrected chi connectivity index (χ2v) is 4.64. The normalized spacial score (nSPS) is 27.8. The molecule has 1 amide bonds. The van der Waals surface area contributed by atoms with Gasteiger partial charge in [0.15, 0.2) is 0 Å². The Kier molecular flexibility index (Phi) is 3.93. The fraction of sp³-hybridized carbons (Fsp3) is 0.909. The summed E-state index contributed by atoms with van der Waals surface area (Å²) in [5.41, 5.74) is 0. The molecule has 1 rings (SSSR count). The van der Waals surface area contributed by atoms with Crippen LogP contribution in [-0.2, 0) is 9.53 Å². The summed E-state index contributed by atoms with van der Waals surface area (Å²) in [4.78, 5) is 13.2. The van der Waals surface area contributed by atoms with E-state index >= 15 is 0 Å². The molecule has 0 aromatic rings. The first-order valence-corrected chi connectivity index (χ1v) is 5.35. The molecule has 3 heteroatoms. The van der Waals surface area contributed by atoms with E-state index in [0.717, 1.165) is 19.4 Å². The number of amides is 1. The third-order valence-electron chi connectivity index (χ3n) is 2.97. The van der Waals surface area contributed by atoms with E-state index in [4.69, 9.17) is 4.74 Å². The molecular weight excluding hydrogens is 178 g/mol. The van der Waals surface area contributed by atoms with Crippen molar-refractivity contribution >= 4 is 5.91 Å². The third kappa shape index (κ3) is 2.71. The first kappa shape index (κ1) is 11.5. The zero-order chi connectivity index (χ0) is 10.7. The average Bonchev–Trinajstić information content (AvgIpc) is 2.16. The van der Waals surface area contributed by atoms with Crippen LogP contribution in [0.25, 0.3) is 0 Å². The summed E-state index contributed by atoms with van der Waals surface area (Å²) in [6.45, 7) is 5.16. The molecular formula is C11H21NO2. The van der Waals surface area contributed by atoms with Crippen LogP contribution in [0.1, 0.15) is 26.7 Å². The maximum atomic E-state index is 11.6. The largest absolute Gasteiger partial charge is 0.368 e. The van der Waals surface area contributed by atoms with Crippen LogP contribution < -0.4 is 0 Å². The quantitative estimate of drug-likeness (QED) is 0.675. The second-order valence-electron chi connectivity index (χ2n) is 4.64. The van der Waals surface area contributed by atoms with Crippen molar-refractivity contribution in [3.63, 3.8) is 0 Å². The molecule has 0 aromatic carbocycles. The molecule has 0 spiro atoms. The summed E-state index contributed by atoms with van der Waals surface area (Å²) in [6.07, 6.45) is 1.79. The summed E-state index contributed by atoms with van der Waals surface area (Å²) in [5, 5.41) is 0. The van der Waals surface area contributed by atoms with Gasteiger partial charge < -0.3 is 9.64 Å². The number of carbonyl (C=O) groups excluding carboxylic acids is 1. The van der Waals surface area contributed by atoms with E-state index in [2.05, 4.69) is 13.8 Å². The lowest BCUT2D eigenvalue weighted by Crippen LogP contribution is -2.40. The fourth-order valence-electron chi connectivity index (χ4n) is 1.78. The smallest absolute Gasteiger partial charge is 0.251 e. The molecule has 0 N–H and O–H groups in total. The maximum Gasteiger partial charge on any atom is 0.251 e. The summed E-state index contributed by atoms with van der Waals surface area (Å²) in [7, 11) is 3.56. The summed E-state index contributed by atoms with van der Waals surface area (Å²) in [5.74, 6) is 1.39. The lowest BCUT2D eigenvalue weighted by molar-refractivity contribution is -0.146. The van der Waals surface area contributed by atoms with E-state index in [1.54, 1.807) is 19.0 Å². The number of likely N-dealkylation sites (N-methyl/N-ethyl adjacent to an activating group) is 1. The molecule has 3 nitrogen and oxygen atoms in total. The van der Waals surface area contributed by atoms with Crippen LogP contribution in [0.3, 0.4) is 0 Å². The number of hydrogen-bond donors (Lipinski definition) is 0. The van der Waals surface area contributed by atoms with Gasteiger partial charge in [0.2, 0.25) is 0 Å². The summed E-state index contributed by atoms with van der Waals surface area (Å²) in [6, 6.07) is 0. The Morgan fingerprint density at radius 3 is 2.36 bits per heavy atom. The van der Waals surface area contributed by atoms with Gasteiger partial charge in [0.25, 0.3) is 5.91 Å². The number of hydrogen-bond acceptors (Lipinski definition) is 2. The minimum absolute atomic E-state index is 0.104. The molecule has 0 saturated carbocycles. The van der Waals surface area contributed by atoms with Gasteiger partial charge in [0.05, 0.1) is 6.61 Å². The van der Waals surface area contributed by atoms with Gasteiger partial charge in [0, 0.05) is 14.1 Å². The molecule has 1 aliphatic rings. The number of rotatable bonds is 2. The van der Waals surface area contributed by atoms with Gasteiger partial charge in [-0.1, -0.05) is 13.8 Å². The second kappa shape index (κ2) is 4.78. The Hall–Kier alpha value is -0.570. The topological polar surface area (TPSA) is 29.5 Å². The lowest BCUT2D eigenvalue weighted by atomic mass is 9.88. The van der Waals surface area contributed by atoms with Crippen molar-refractivity contribution in [2.75, 3.05) is 20.7 Å². The molecule has 14 heavy (non-hydrogen) atoms. The van der Waals surface area contributed by atoms with Crippen LogP contribution in [0.5, 0.6) is 0 Å². The summed E-state index contributed by atoms with van der Waals surface area (Å²) < 4.78 is 5.58. The Morgan fingerprint density at radius 2 is 2.00 bits per heavy atom. The molecule has 1 fully saturated rings. The van der Waals surface area contributed by atoms with Crippen LogP contribution in [0.15, 0.2) is 0 Å². The van der Waals surface area contributed by atoms with E-state index in [-0.39, 0.29) is 12.0 Å². The highest BCUT2D eigenvalue weighted by atomic mass is 16.5. The van der Waals surface area contributed by atoms with Crippen molar-refractivity contribution in [3.8, 4) is 0 Å². The molecule has 0 radical (unpaired) electrons. The first-order chi connectivity index (χ1) is 6.52. The van der Waals surface area contributed by atoms with Crippen LogP contribution >= 0.6 is 0 Å². The molecule has 1 saturated heterocycles. The lowest BCUT2D eigenvalue weighted by Gasteiger charge is -2.31. The Bertz CT molecular complexity index is 193. The maximum absolute atomic E-state index is 11.6. The molecule has 2 unspecified atom stereocenters.